The van der Waals surface area contributed by atoms with E-state index in [0.717, 1.165) is 6.07 Å². The van der Waals surface area contributed by atoms with E-state index >= 15 is 0 Å². The molecule has 2 aromatic heterocycles. The van der Waals surface area contributed by atoms with Gasteiger partial charge in [-0.2, -0.15) is 5.26 Å². The molecule has 0 saturated heterocycles. The Kier molecular flexibility index (Phi) is 3.83. The van der Waals surface area contributed by atoms with Crippen LogP contribution < -0.4 is 11.3 Å². The highest BCUT2D eigenvalue weighted by molar-refractivity contribution is 5.84. The third kappa shape index (κ3) is 2.45. The molecule has 0 radical (unpaired) electrons. The van der Waals surface area contributed by atoms with Gasteiger partial charge in [-0.1, -0.05) is 0 Å². The van der Waals surface area contributed by atoms with E-state index in [1.54, 1.807) is 18.3 Å². The summed E-state index contributed by atoms with van der Waals surface area (Å²) >= 11 is 0. The molecule has 1 aromatic carbocycles. The number of halogens is 1. The SMILES string of the molecule is N#Cc1ccc(F)c2nc(CCN)n(-c3cccnc3)c(=O)c12. The standard InChI is InChI=1S/C16H12FN5O/c17-12-4-3-10(8-19)14-15(12)21-13(5-6-18)22(16(14)23)11-2-1-7-20-9-11/h1-4,7,9H,5-6,18H2. The summed E-state index contributed by atoms with van der Waals surface area (Å²) in [4.78, 5) is 21.1. The number of nitriles is 1. The first kappa shape index (κ1) is 14.8. The van der Waals surface area contributed by atoms with Crippen LogP contribution in [-0.2, 0) is 6.42 Å². The molecule has 0 atom stereocenters. The summed E-state index contributed by atoms with van der Waals surface area (Å²) in [5.74, 6) is -0.320. The zero-order chi connectivity index (χ0) is 16.4. The average Bonchev–Trinajstić information content (AvgIpc) is 2.57. The molecule has 23 heavy (non-hydrogen) atoms. The number of benzene rings is 1. The van der Waals surface area contributed by atoms with Crippen molar-refractivity contribution in [1.82, 2.24) is 14.5 Å². The van der Waals surface area contributed by atoms with Gasteiger partial charge >= 0.3 is 0 Å². The molecular weight excluding hydrogens is 297 g/mol. The highest BCUT2D eigenvalue weighted by atomic mass is 19.1. The molecule has 3 aromatic rings. The van der Waals surface area contributed by atoms with Crippen LogP contribution >= 0.6 is 0 Å². The van der Waals surface area contributed by atoms with Gasteiger partial charge in [-0.05, 0) is 30.8 Å². The summed E-state index contributed by atoms with van der Waals surface area (Å²) in [5.41, 5.74) is 5.52. The third-order valence-corrected chi connectivity index (χ3v) is 3.44. The molecule has 0 bridgehead atoms. The maximum atomic E-state index is 14.1. The van der Waals surface area contributed by atoms with Crippen LogP contribution in [-0.4, -0.2) is 21.1 Å². The molecule has 0 unspecified atom stereocenters. The van der Waals surface area contributed by atoms with Gasteiger partial charge in [0.15, 0.2) is 0 Å². The first-order valence-electron chi connectivity index (χ1n) is 6.92. The zero-order valence-corrected chi connectivity index (χ0v) is 12.0. The van der Waals surface area contributed by atoms with Crippen LogP contribution in [0.4, 0.5) is 4.39 Å². The van der Waals surface area contributed by atoms with E-state index in [-0.39, 0.29) is 29.4 Å². The molecule has 2 heterocycles. The fourth-order valence-corrected chi connectivity index (χ4v) is 2.44. The Morgan fingerprint density at radius 2 is 2.17 bits per heavy atom. The van der Waals surface area contributed by atoms with E-state index in [4.69, 9.17) is 5.73 Å². The quantitative estimate of drug-likeness (QED) is 0.786. The maximum Gasteiger partial charge on any atom is 0.267 e. The molecule has 0 aliphatic carbocycles. The summed E-state index contributed by atoms with van der Waals surface area (Å²) in [7, 11) is 0. The van der Waals surface area contributed by atoms with Crippen LogP contribution in [0.3, 0.4) is 0 Å². The minimum absolute atomic E-state index is 0.0443. The van der Waals surface area contributed by atoms with Gasteiger partial charge in [0, 0.05) is 12.6 Å². The number of fused-ring (bicyclic) bond motifs is 1. The van der Waals surface area contributed by atoms with E-state index in [1.807, 2.05) is 6.07 Å². The predicted molar refractivity (Wildman–Crippen MR) is 82.6 cm³/mol. The summed E-state index contributed by atoms with van der Waals surface area (Å²) in [5, 5.41) is 9.16. The van der Waals surface area contributed by atoms with Gasteiger partial charge in [0.05, 0.1) is 22.8 Å². The Hall–Kier alpha value is -3.11. The van der Waals surface area contributed by atoms with Gasteiger partial charge in [0.2, 0.25) is 0 Å². The smallest absolute Gasteiger partial charge is 0.267 e. The molecule has 0 aliphatic heterocycles. The van der Waals surface area contributed by atoms with Crippen molar-refractivity contribution in [2.75, 3.05) is 6.54 Å². The molecule has 6 nitrogen and oxygen atoms in total. The van der Waals surface area contributed by atoms with E-state index < -0.39 is 11.4 Å². The van der Waals surface area contributed by atoms with Crippen molar-refractivity contribution in [3.05, 3.63) is 64.2 Å². The van der Waals surface area contributed by atoms with Crippen LogP contribution in [0.1, 0.15) is 11.4 Å². The molecule has 0 aliphatic rings. The van der Waals surface area contributed by atoms with Gasteiger partial charge in [-0.3, -0.25) is 14.3 Å². The monoisotopic (exact) mass is 309 g/mol. The van der Waals surface area contributed by atoms with Crippen molar-refractivity contribution in [3.8, 4) is 11.8 Å². The summed E-state index contributed by atoms with van der Waals surface area (Å²) in [6.07, 6.45) is 3.36. The number of rotatable bonds is 3. The van der Waals surface area contributed by atoms with Crippen molar-refractivity contribution in [1.29, 1.82) is 5.26 Å². The molecule has 114 valence electrons. The molecule has 0 amide bonds. The topological polar surface area (TPSA) is 97.6 Å². The Balaban J connectivity index is 2.48. The van der Waals surface area contributed by atoms with Gasteiger partial charge < -0.3 is 5.73 Å². The highest BCUT2D eigenvalue weighted by Crippen LogP contribution is 2.19. The van der Waals surface area contributed by atoms with Gasteiger partial charge in [0.25, 0.3) is 5.56 Å². The summed E-state index contributed by atoms with van der Waals surface area (Å²) < 4.78 is 15.4. The van der Waals surface area contributed by atoms with Gasteiger partial charge in [-0.15, -0.1) is 0 Å². The van der Waals surface area contributed by atoms with Crippen molar-refractivity contribution in [2.45, 2.75) is 6.42 Å². The Labute approximate surface area is 130 Å². The van der Waals surface area contributed by atoms with E-state index in [2.05, 4.69) is 9.97 Å². The van der Waals surface area contributed by atoms with E-state index in [1.165, 1.54) is 16.8 Å². The number of pyridine rings is 1. The molecular formula is C16H12FN5O. The van der Waals surface area contributed by atoms with Crippen LogP contribution in [0.5, 0.6) is 0 Å². The zero-order valence-electron chi connectivity index (χ0n) is 12.0. The fraction of sp³-hybridized carbons (Fsp3) is 0.125. The van der Waals surface area contributed by atoms with Crippen LogP contribution in [0.15, 0.2) is 41.5 Å². The molecule has 0 fully saturated rings. The minimum atomic E-state index is -0.646. The van der Waals surface area contributed by atoms with Crippen LogP contribution in [0, 0.1) is 17.1 Å². The highest BCUT2D eigenvalue weighted by Gasteiger charge is 2.17. The molecule has 0 spiro atoms. The second kappa shape index (κ2) is 5.94. The predicted octanol–water partition coefficient (Wildman–Crippen LogP) is 1.29. The maximum absolute atomic E-state index is 14.1. The number of hydrogen-bond acceptors (Lipinski definition) is 5. The first-order chi connectivity index (χ1) is 11.2. The molecule has 7 heteroatoms. The Bertz CT molecular complexity index is 976. The van der Waals surface area contributed by atoms with E-state index in [9.17, 15) is 14.4 Å². The fourth-order valence-electron chi connectivity index (χ4n) is 2.44. The normalized spacial score (nSPS) is 10.7. The van der Waals surface area contributed by atoms with Crippen LogP contribution in [0.2, 0.25) is 0 Å². The van der Waals surface area contributed by atoms with Gasteiger partial charge in [-0.25, -0.2) is 9.37 Å². The van der Waals surface area contributed by atoms with E-state index in [0.29, 0.717) is 11.5 Å². The number of aromatic nitrogens is 3. The van der Waals surface area contributed by atoms with Crippen molar-refractivity contribution in [2.24, 2.45) is 5.73 Å². The van der Waals surface area contributed by atoms with Gasteiger partial charge in [0.1, 0.15) is 23.2 Å². The first-order valence-corrected chi connectivity index (χ1v) is 6.92. The van der Waals surface area contributed by atoms with Crippen molar-refractivity contribution < 1.29 is 4.39 Å². The van der Waals surface area contributed by atoms with Crippen molar-refractivity contribution >= 4 is 10.9 Å². The number of nitrogens with zero attached hydrogens (tertiary/aromatic N) is 4. The summed E-state index contributed by atoms with van der Waals surface area (Å²) in [6, 6.07) is 7.68. The average molecular weight is 309 g/mol. The molecule has 0 saturated carbocycles. The largest absolute Gasteiger partial charge is 0.330 e. The Morgan fingerprint density at radius 3 is 2.83 bits per heavy atom. The molecule has 2 N–H and O–H groups in total. The Morgan fingerprint density at radius 1 is 1.35 bits per heavy atom. The van der Waals surface area contributed by atoms with Crippen molar-refractivity contribution in [3.63, 3.8) is 0 Å². The minimum Gasteiger partial charge on any atom is -0.330 e. The lowest BCUT2D eigenvalue weighted by Crippen LogP contribution is -2.26. The lowest BCUT2D eigenvalue weighted by molar-refractivity contribution is 0.633. The lowest BCUT2D eigenvalue weighted by Gasteiger charge is -2.13. The number of nitrogens with two attached hydrogens (primary N) is 1. The lowest BCUT2D eigenvalue weighted by atomic mass is 10.1. The summed E-state index contributed by atoms with van der Waals surface area (Å²) in [6.45, 7) is 0.248. The van der Waals surface area contributed by atoms with Crippen LogP contribution in [0.25, 0.3) is 16.6 Å². The molecule has 3 rings (SSSR count). The number of hydrogen-bond donors (Lipinski definition) is 1. The third-order valence-electron chi connectivity index (χ3n) is 3.44. The second-order valence-electron chi connectivity index (χ2n) is 4.85. The second-order valence-corrected chi connectivity index (χ2v) is 4.85.